The molecule has 0 heterocycles. The quantitative estimate of drug-likeness (QED) is 0.547. The van der Waals surface area contributed by atoms with Gasteiger partial charge in [-0.05, 0) is 26.2 Å². The second kappa shape index (κ2) is 9.06. The van der Waals surface area contributed by atoms with Crippen LogP contribution in [-0.4, -0.2) is 39.9 Å². The molecule has 2 unspecified atom stereocenters. The van der Waals surface area contributed by atoms with Crippen LogP contribution in [0.25, 0.3) is 0 Å². The Kier molecular flexibility index (Phi) is 8.19. The Bertz CT molecular complexity index is 379. The number of hydrogen-bond donors (Lipinski definition) is 3. The van der Waals surface area contributed by atoms with Crippen molar-refractivity contribution in [3.8, 4) is 0 Å². The third-order valence-corrected chi connectivity index (χ3v) is 3.07. The monoisotopic (exact) mass is 287 g/mol. The average molecular weight is 287 g/mol. The van der Waals surface area contributed by atoms with E-state index in [1.807, 2.05) is 6.92 Å². The number of Topliss-reactive ketones (excluding diaryl/α,β-unsaturated/α-hetero) is 1. The number of carbonyl (C=O) groups is 4. The third-order valence-electron chi connectivity index (χ3n) is 3.07. The Morgan fingerprint density at radius 3 is 2.05 bits per heavy atom. The predicted octanol–water partition coefficient (Wildman–Crippen LogP) is 0.816. The van der Waals surface area contributed by atoms with Crippen LogP contribution in [0.5, 0.6) is 0 Å². The van der Waals surface area contributed by atoms with Gasteiger partial charge in [0.2, 0.25) is 5.91 Å². The molecule has 0 aromatic carbocycles. The lowest BCUT2D eigenvalue weighted by atomic mass is 9.96. The highest BCUT2D eigenvalue weighted by molar-refractivity contribution is 5.84. The molecule has 20 heavy (non-hydrogen) atoms. The van der Waals surface area contributed by atoms with E-state index >= 15 is 0 Å². The summed E-state index contributed by atoms with van der Waals surface area (Å²) in [6, 6.07) is -1.21. The highest BCUT2D eigenvalue weighted by Crippen LogP contribution is 2.12. The summed E-state index contributed by atoms with van der Waals surface area (Å²) in [6.45, 7) is 3.30. The van der Waals surface area contributed by atoms with Gasteiger partial charge in [0.1, 0.15) is 11.8 Å². The molecule has 0 aliphatic rings. The zero-order valence-corrected chi connectivity index (χ0v) is 11.7. The van der Waals surface area contributed by atoms with Crippen LogP contribution < -0.4 is 5.32 Å². The van der Waals surface area contributed by atoms with Crippen LogP contribution in [0.3, 0.4) is 0 Å². The summed E-state index contributed by atoms with van der Waals surface area (Å²) in [6.07, 6.45) is 0.546. The molecule has 0 radical (unpaired) electrons. The van der Waals surface area contributed by atoms with Crippen molar-refractivity contribution in [1.82, 2.24) is 5.32 Å². The van der Waals surface area contributed by atoms with Gasteiger partial charge in [-0.25, -0.2) is 4.79 Å². The molecular formula is C13H21NO6. The van der Waals surface area contributed by atoms with Gasteiger partial charge in [0.05, 0.1) is 0 Å². The first-order valence-corrected chi connectivity index (χ1v) is 6.52. The second-order valence-electron chi connectivity index (χ2n) is 4.65. The topological polar surface area (TPSA) is 121 Å². The molecule has 3 N–H and O–H groups in total. The smallest absolute Gasteiger partial charge is 0.326 e. The number of amides is 1. The lowest BCUT2D eigenvalue weighted by Gasteiger charge is -2.15. The van der Waals surface area contributed by atoms with Crippen molar-refractivity contribution in [2.45, 2.75) is 52.0 Å². The van der Waals surface area contributed by atoms with E-state index in [9.17, 15) is 19.2 Å². The van der Waals surface area contributed by atoms with Crippen molar-refractivity contribution >= 4 is 23.6 Å². The zero-order valence-electron chi connectivity index (χ0n) is 11.7. The summed E-state index contributed by atoms with van der Waals surface area (Å²) in [5.41, 5.74) is 0. The minimum atomic E-state index is -1.27. The Labute approximate surface area is 117 Å². The summed E-state index contributed by atoms with van der Waals surface area (Å²) in [5.74, 6) is -3.07. The van der Waals surface area contributed by atoms with Gasteiger partial charge in [0.25, 0.3) is 0 Å². The summed E-state index contributed by atoms with van der Waals surface area (Å²) >= 11 is 0. The lowest BCUT2D eigenvalue weighted by molar-refractivity contribution is -0.143. The number of nitrogens with one attached hydrogen (secondary N) is 1. The van der Waals surface area contributed by atoms with Crippen LogP contribution in [0, 0.1) is 5.92 Å². The van der Waals surface area contributed by atoms with E-state index in [1.54, 1.807) is 0 Å². The Morgan fingerprint density at radius 2 is 1.65 bits per heavy atom. The standard InChI is InChI=1S/C13H21NO6/c1-3-9(8(2)15)4-6-11(16)14-10(13(19)20)5-7-12(17)18/h9-10H,3-7H2,1-2H3,(H,14,16)(H,17,18)(H,19,20). The molecule has 0 aliphatic heterocycles. The average Bonchev–Trinajstić information content (AvgIpc) is 2.34. The van der Waals surface area contributed by atoms with Gasteiger partial charge in [-0.1, -0.05) is 6.92 Å². The molecule has 0 aliphatic carbocycles. The molecule has 7 nitrogen and oxygen atoms in total. The fourth-order valence-electron chi connectivity index (χ4n) is 1.79. The fraction of sp³-hybridized carbons (Fsp3) is 0.692. The number of aliphatic carboxylic acids is 2. The van der Waals surface area contributed by atoms with Crippen molar-refractivity contribution < 1.29 is 29.4 Å². The van der Waals surface area contributed by atoms with Crippen LogP contribution >= 0.6 is 0 Å². The Morgan fingerprint density at radius 1 is 1.05 bits per heavy atom. The van der Waals surface area contributed by atoms with Gasteiger partial charge in [0.15, 0.2) is 0 Å². The number of ketones is 1. The van der Waals surface area contributed by atoms with E-state index in [4.69, 9.17) is 10.2 Å². The van der Waals surface area contributed by atoms with Gasteiger partial charge < -0.3 is 15.5 Å². The molecule has 0 aromatic rings. The SMILES string of the molecule is CCC(CCC(=O)NC(CCC(=O)O)C(=O)O)C(C)=O. The maximum Gasteiger partial charge on any atom is 0.326 e. The van der Waals surface area contributed by atoms with Gasteiger partial charge >= 0.3 is 11.9 Å². The maximum absolute atomic E-state index is 11.6. The minimum Gasteiger partial charge on any atom is -0.481 e. The summed E-state index contributed by atoms with van der Waals surface area (Å²) < 4.78 is 0. The third kappa shape index (κ3) is 7.50. The summed E-state index contributed by atoms with van der Waals surface area (Å²) in [7, 11) is 0. The molecule has 7 heteroatoms. The number of carbonyl (C=O) groups excluding carboxylic acids is 2. The molecule has 0 saturated heterocycles. The summed E-state index contributed by atoms with van der Waals surface area (Å²) in [4.78, 5) is 44.1. The van der Waals surface area contributed by atoms with E-state index in [-0.39, 0.29) is 31.0 Å². The van der Waals surface area contributed by atoms with Crippen molar-refractivity contribution in [3.05, 3.63) is 0 Å². The molecule has 0 fully saturated rings. The van der Waals surface area contributed by atoms with Crippen molar-refractivity contribution in [2.24, 2.45) is 5.92 Å². The van der Waals surface area contributed by atoms with Crippen LogP contribution in [-0.2, 0) is 19.2 Å². The van der Waals surface area contributed by atoms with Gasteiger partial charge in [-0.2, -0.15) is 0 Å². The van der Waals surface area contributed by atoms with E-state index in [1.165, 1.54) is 6.92 Å². The highest BCUT2D eigenvalue weighted by Gasteiger charge is 2.21. The molecule has 0 bridgehead atoms. The number of carboxylic acids is 2. The highest BCUT2D eigenvalue weighted by atomic mass is 16.4. The van der Waals surface area contributed by atoms with E-state index < -0.39 is 23.9 Å². The molecule has 0 rings (SSSR count). The fourth-order valence-corrected chi connectivity index (χ4v) is 1.79. The van der Waals surface area contributed by atoms with E-state index in [2.05, 4.69) is 5.32 Å². The maximum atomic E-state index is 11.6. The van der Waals surface area contributed by atoms with Gasteiger partial charge in [-0.3, -0.25) is 14.4 Å². The molecule has 1 amide bonds. The molecule has 0 spiro atoms. The largest absolute Gasteiger partial charge is 0.481 e. The van der Waals surface area contributed by atoms with Crippen LogP contribution in [0.1, 0.15) is 46.0 Å². The first kappa shape index (κ1) is 18.1. The van der Waals surface area contributed by atoms with Crippen molar-refractivity contribution in [1.29, 1.82) is 0 Å². The normalized spacial score (nSPS) is 13.3. The Hall–Kier alpha value is -1.92. The van der Waals surface area contributed by atoms with E-state index in [0.29, 0.717) is 12.8 Å². The molecule has 0 saturated carbocycles. The number of hydrogen-bond acceptors (Lipinski definition) is 4. The van der Waals surface area contributed by atoms with Crippen LogP contribution in [0.4, 0.5) is 0 Å². The predicted molar refractivity (Wildman–Crippen MR) is 70.1 cm³/mol. The van der Waals surface area contributed by atoms with Crippen molar-refractivity contribution in [3.63, 3.8) is 0 Å². The first-order chi connectivity index (χ1) is 9.27. The van der Waals surface area contributed by atoms with Crippen LogP contribution in [0.15, 0.2) is 0 Å². The second-order valence-corrected chi connectivity index (χ2v) is 4.65. The van der Waals surface area contributed by atoms with Crippen LogP contribution in [0.2, 0.25) is 0 Å². The lowest BCUT2D eigenvalue weighted by Crippen LogP contribution is -2.41. The zero-order chi connectivity index (χ0) is 15.7. The van der Waals surface area contributed by atoms with Gasteiger partial charge in [0, 0.05) is 18.8 Å². The molecular weight excluding hydrogens is 266 g/mol. The van der Waals surface area contributed by atoms with E-state index in [0.717, 1.165) is 0 Å². The Balaban J connectivity index is 4.29. The summed E-state index contributed by atoms with van der Waals surface area (Å²) in [5, 5.41) is 19.7. The van der Waals surface area contributed by atoms with Gasteiger partial charge in [-0.15, -0.1) is 0 Å². The number of carboxylic acid groups (broad SMARTS) is 2. The molecule has 114 valence electrons. The minimum absolute atomic E-state index is 0.000891. The first-order valence-electron chi connectivity index (χ1n) is 6.52. The van der Waals surface area contributed by atoms with Crippen molar-refractivity contribution in [2.75, 3.05) is 0 Å². The molecule has 2 atom stereocenters. The molecule has 0 aromatic heterocycles. The number of rotatable bonds is 10.